The molecule has 0 fully saturated rings. The van der Waals surface area contributed by atoms with Gasteiger partial charge >= 0.3 is 0 Å². The first-order valence-electron chi connectivity index (χ1n) is 5.08. The third-order valence-corrected chi connectivity index (χ3v) is 4.24. The van der Waals surface area contributed by atoms with Gasteiger partial charge in [-0.15, -0.1) is 11.3 Å². The number of hydrogen-bond donors (Lipinski definition) is 0. The van der Waals surface area contributed by atoms with E-state index in [9.17, 15) is 4.79 Å². The first-order valence-corrected chi connectivity index (χ1v) is 7.04. The van der Waals surface area contributed by atoms with Crippen molar-refractivity contribution in [3.63, 3.8) is 0 Å². The van der Waals surface area contributed by atoms with E-state index < -0.39 is 0 Å². The number of thiophene rings is 1. The summed E-state index contributed by atoms with van der Waals surface area (Å²) >= 11 is 3.83. The predicted molar refractivity (Wildman–Crippen MR) is 76.3 cm³/mol. The Morgan fingerprint density at radius 3 is 2.44 bits per heavy atom. The molecule has 2 rings (SSSR count). The second-order valence-corrected chi connectivity index (χ2v) is 6.32. The highest BCUT2D eigenvalue weighted by molar-refractivity contribution is 14.1. The van der Waals surface area contributed by atoms with Crippen molar-refractivity contribution in [2.75, 3.05) is 0 Å². The molecule has 0 aliphatic carbocycles. The van der Waals surface area contributed by atoms with Gasteiger partial charge < -0.3 is 0 Å². The average molecular weight is 342 g/mol. The van der Waals surface area contributed by atoms with E-state index in [2.05, 4.69) is 29.5 Å². The first-order chi connectivity index (χ1) is 7.70. The van der Waals surface area contributed by atoms with E-state index in [1.807, 2.05) is 35.7 Å². The molecule has 0 bridgehead atoms. The Morgan fingerprint density at radius 1 is 1.25 bits per heavy atom. The van der Waals surface area contributed by atoms with Crippen LogP contribution in [0.4, 0.5) is 0 Å². The van der Waals surface area contributed by atoms with Gasteiger partial charge in [0, 0.05) is 16.5 Å². The van der Waals surface area contributed by atoms with Gasteiger partial charge in [-0.3, -0.25) is 4.79 Å². The van der Waals surface area contributed by atoms with Gasteiger partial charge in [-0.05, 0) is 40.6 Å². The second-order valence-electron chi connectivity index (χ2n) is 3.52. The molecule has 0 unspecified atom stereocenters. The van der Waals surface area contributed by atoms with Crippen LogP contribution in [0.25, 0.3) is 0 Å². The predicted octanol–water partition coefficient (Wildman–Crippen LogP) is 4.15. The van der Waals surface area contributed by atoms with Gasteiger partial charge in [0.1, 0.15) is 0 Å². The molecule has 1 aromatic heterocycles. The van der Waals surface area contributed by atoms with Crippen LogP contribution >= 0.6 is 33.9 Å². The number of rotatable bonds is 3. The molecular formula is C13H11IOS. The quantitative estimate of drug-likeness (QED) is 0.605. The van der Waals surface area contributed by atoms with Crippen molar-refractivity contribution in [2.45, 2.75) is 13.3 Å². The number of hydrogen-bond acceptors (Lipinski definition) is 2. The highest BCUT2D eigenvalue weighted by atomic mass is 127. The molecule has 0 aliphatic rings. The molecule has 0 atom stereocenters. The molecule has 16 heavy (non-hydrogen) atoms. The summed E-state index contributed by atoms with van der Waals surface area (Å²) in [5.74, 6) is 0.113. The fraction of sp³-hybridized carbons (Fsp3) is 0.154. The largest absolute Gasteiger partial charge is 0.289 e. The minimum absolute atomic E-state index is 0.113. The molecule has 82 valence electrons. The van der Waals surface area contributed by atoms with Crippen molar-refractivity contribution in [1.29, 1.82) is 0 Å². The fourth-order valence-electron chi connectivity index (χ4n) is 1.49. The smallest absolute Gasteiger partial charge is 0.193 e. The summed E-state index contributed by atoms with van der Waals surface area (Å²) in [4.78, 5) is 12.1. The normalized spacial score (nSPS) is 10.4. The van der Waals surface area contributed by atoms with Crippen LogP contribution < -0.4 is 0 Å². The summed E-state index contributed by atoms with van der Waals surface area (Å²) in [7, 11) is 0. The van der Waals surface area contributed by atoms with Crippen molar-refractivity contribution in [1.82, 2.24) is 0 Å². The van der Waals surface area contributed by atoms with E-state index in [-0.39, 0.29) is 5.78 Å². The maximum absolute atomic E-state index is 12.1. The number of carbonyl (C=O) groups is 1. The molecule has 3 heteroatoms. The number of aryl methyl sites for hydroxylation is 1. The van der Waals surface area contributed by atoms with Crippen LogP contribution in [0.15, 0.2) is 35.7 Å². The number of benzene rings is 1. The van der Waals surface area contributed by atoms with Gasteiger partial charge in [0.2, 0.25) is 0 Å². The molecular weight excluding hydrogens is 331 g/mol. The van der Waals surface area contributed by atoms with Crippen LogP contribution in [0, 0.1) is 2.88 Å². The van der Waals surface area contributed by atoms with Gasteiger partial charge in [-0.2, -0.15) is 0 Å². The topological polar surface area (TPSA) is 17.1 Å². The molecule has 0 N–H and O–H groups in total. The lowest BCUT2D eigenvalue weighted by molar-refractivity contribution is 0.103. The average Bonchev–Trinajstić information content (AvgIpc) is 2.75. The molecule has 0 spiro atoms. The maximum atomic E-state index is 12.1. The van der Waals surface area contributed by atoms with Gasteiger partial charge in [-0.1, -0.05) is 31.2 Å². The minimum Gasteiger partial charge on any atom is -0.289 e. The third-order valence-electron chi connectivity index (χ3n) is 2.45. The van der Waals surface area contributed by atoms with Crippen molar-refractivity contribution in [2.24, 2.45) is 0 Å². The van der Waals surface area contributed by atoms with E-state index >= 15 is 0 Å². The zero-order chi connectivity index (χ0) is 11.5. The molecule has 0 amide bonds. The number of carbonyl (C=O) groups excluding carboxylic acids is 1. The van der Waals surface area contributed by atoms with E-state index in [4.69, 9.17) is 0 Å². The Hall–Kier alpha value is -0.680. The lowest BCUT2D eigenvalue weighted by atomic mass is 10.0. The van der Waals surface area contributed by atoms with Crippen LogP contribution in [-0.4, -0.2) is 5.78 Å². The molecule has 0 radical (unpaired) electrons. The van der Waals surface area contributed by atoms with E-state index in [0.717, 1.165) is 20.4 Å². The Bertz CT molecular complexity index is 499. The van der Waals surface area contributed by atoms with Crippen LogP contribution in [0.5, 0.6) is 0 Å². The summed E-state index contributed by atoms with van der Waals surface area (Å²) in [6.07, 6.45) is 1.00. The first kappa shape index (κ1) is 11.8. The molecule has 2 aromatic rings. The maximum Gasteiger partial charge on any atom is 0.193 e. The Labute approximate surface area is 113 Å². The van der Waals surface area contributed by atoms with Crippen LogP contribution in [0.2, 0.25) is 0 Å². The molecule has 0 saturated carbocycles. The molecule has 1 nitrogen and oxygen atoms in total. The second kappa shape index (κ2) is 5.10. The van der Waals surface area contributed by atoms with Crippen LogP contribution in [-0.2, 0) is 6.42 Å². The van der Waals surface area contributed by atoms with Gasteiger partial charge in [0.25, 0.3) is 0 Å². The number of ketones is 1. The van der Waals surface area contributed by atoms with E-state index in [1.54, 1.807) is 11.3 Å². The summed E-state index contributed by atoms with van der Waals surface area (Å²) < 4.78 is 1.14. The van der Waals surface area contributed by atoms with E-state index in [0.29, 0.717) is 0 Å². The summed E-state index contributed by atoms with van der Waals surface area (Å²) in [5, 5.41) is 1.91. The molecule has 1 aromatic carbocycles. The van der Waals surface area contributed by atoms with E-state index in [1.165, 1.54) is 5.56 Å². The zero-order valence-electron chi connectivity index (χ0n) is 8.87. The van der Waals surface area contributed by atoms with Crippen LogP contribution in [0.3, 0.4) is 0 Å². The highest BCUT2D eigenvalue weighted by Crippen LogP contribution is 2.19. The molecule has 1 heterocycles. The van der Waals surface area contributed by atoms with Crippen molar-refractivity contribution in [3.8, 4) is 0 Å². The summed E-state index contributed by atoms with van der Waals surface area (Å²) in [6, 6.07) is 9.79. The Morgan fingerprint density at radius 2 is 1.94 bits per heavy atom. The lowest BCUT2D eigenvalue weighted by Crippen LogP contribution is -1.99. The lowest BCUT2D eigenvalue weighted by Gasteiger charge is -2.00. The van der Waals surface area contributed by atoms with Gasteiger partial charge in [-0.25, -0.2) is 0 Å². The Balaban J connectivity index is 2.27. The zero-order valence-corrected chi connectivity index (χ0v) is 11.8. The Kier molecular flexibility index (Phi) is 3.76. The van der Waals surface area contributed by atoms with Crippen molar-refractivity contribution < 1.29 is 4.79 Å². The van der Waals surface area contributed by atoms with Crippen molar-refractivity contribution >= 4 is 39.7 Å². The summed E-state index contributed by atoms with van der Waals surface area (Å²) in [5.41, 5.74) is 2.82. The highest BCUT2D eigenvalue weighted by Gasteiger charge is 2.10. The van der Waals surface area contributed by atoms with Crippen LogP contribution in [0.1, 0.15) is 28.4 Å². The molecule has 0 saturated heterocycles. The summed E-state index contributed by atoms with van der Waals surface area (Å²) in [6.45, 7) is 2.11. The van der Waals surface area contributed by atoms with Gasteiger partial charge in [0.15, 0.2) is 5.78 Å². The standard InChI is InChI=1S/C13H11IOS/c1-2-9-3-5-10(6-4-9)13(15)11-7-12(14)16-8-11/h3-8H,2H2,1H3. The minimum atomic E-state index is 0.113. The number of halogens is 1. The monoisotopic (exact) mass is 342 g/mol. The third kappa shape index (κ3) is 2.52. The van der Waals surface area contributed by atoms with Crippen molar-refractivity contribution in [3.05, 3.63) is 55.3 Å². The SMILES string of the molecule is CCc1ccc(C(=O)c2csc(I)c2)cc1. The molecule has 0 aliphatic heterocycles. The van der Waals surface area contributed by atoms with Gasteiger partial charge in [0.05, 0.1) is 2.88 Å². The fourth-order valence-corrected chi connectivity index (χ4v) is 2.81.